The van der Waals surface area contributed by atoms with Gasteiger partial charge in [0.05, 0.1) is 21.9 Å². The van der Waals surface area contributed by atoms with Crippen molar-refractivity contribution in [3.63, 3.8) is 0 Å². The molecule has 0 radical (unpaired) electrons. The predicted octanol–water partition coefficient (Wildman–Crippen LogP) is 31.2. The van der Waals surface area contributed by atoms with Crippen LogP contribution in [0.25, 0.3) is 142 Å². The van der Waals surface area contributed by atoms with Crippen LogP contribution in [0.15, 0.2) is 393 Å². The molecule has 0 aliphatic heterocycles. The van der Waals surface area contributed by atoms with Gasteiger partial charge in [-0.3, -0.25) is 0 Å². The van der Waals surface area contributed by atoms with Gasteiger partial charge in [-0.15, -0.1) is 11.3 Å². The lowest BCUT2D eigenvalue weighted by molar-refractivity contribution is 0.662. The number of furan rings is 1. The van der Waals surface area contributed by atoms with E-state index in [4.69, 9.17) is 4.42 Å². The lowest BCUT2D eigenvalue weighted by Gasteiger charge is -2.32. The number of hydrogen-bond donors (Lipinski definition) is 0. The molecule has 0 saturated heterocycles. The first-order valence-corrected chi connectivity index (χ1v) is 42.9. The number of thiophene rings is 1. The van der Waals surface area contributed by atoms with E-state index in [1.165, 1.54) is 187 Å². The van der Waals surface area contributed by atoms with Gasteiger partial charge in [-0.25, -0.2) is 0 Å². The van der Waals surface area contributed by atoms with E-state index in [9.17, 15) is 0 Å². The third kappa shape index (κ3) is 8.92. The second-order valence-corrected chi connectivity index (χ2v) is 35.8. The van der Waals surface area contributed by atoms with Crippen molar-refractivity contribution in [2.75, 3.05) is 9.80 Å². The van der Waals surface area contributed by atoms with Gasteiger partial charge in [0.25, 0.3) is 0 Å². The third-order valence-electron chi connectivity index (χ3n) is 28.3. The number of rotatable bonds is 9. The van der Waals surface area contributed by atoms with Crippen LogP contribution < -0.4 is 9.80 Å². The van der Waals surface area contributed by atoms with E-state index < -0.39 is 10.8 Å². The fraction of sp³-hybridized carbons (Fsp3) is 0.0690. The van der Waals surface area contributed by atoms with Crippen LogP contribution >= 0.6 is 11.3 Å². The van der Waals surface area contributed by atoms with Crippen LogP contribution in [0.2, 0.25) is 0 Å². The molecule has 18 aromatic carbocycles. The summed E-state index contributed by atoms with van der Waals surface area (Å²) in [5.41, 5.74) is 45.6. The maximum atomic E-state index is 6.73. The molecule has 6 aliphatic carbocycles. The summed E-state index contributed by atoms with van der Waals surface area (Å²) >= 11 is 1.90. The normalized spacial score (nSPS) is 15.4. The zero-order chi connectivity index (χ0) is 79.2. The molecular formula is C116H76N2OS. The molecule has 2 aromatic heterocycles. The largest absolute Gasteiger partial charge is 0.456 e. The van der Waals surface area contributed by atoms with E-state index in [1.54, 1.807) is 0 Å². The van der Waals surface area contributed by atoms with Crippen LogP contribution in [0.4, 0.5) is 34.1 Å². The minimum atomic E-state index is -0.638. The Bertz CT molecular complexity index is 7810. The van der Waals surface area contributed by atoms with Gasteiger partial charge in [0.15, 0.2) is 0 Å². The molecule has 2 spiro atoms. The van der Waals surface area contributed by atoms with E-state index in [1.807, 2.05) is 11.3 Å². The van der Waals surface area contributed by atoms with E-state index in [2.05, 4.69) is 426 Å². The molecule has 26 rings (SSSR count). The van der Waals surface area contributed by atoms with Gasteiger partial charge in [-0.2, -0.15) is 0 Å². The number of benzene rings is 18. The lowest BCUT2D eigenvalue weighted by atomic mass is 9.70. The first-order valence-electron chi connectivity index (χ1n) is 42.1. The molecular weight excluding hydrogens is 1470 g/mol. The van der Waals surface area contributed by atoms with Gasteiger partial charge in [0, 0.05) is 64.8 Å². The first-order chi connectivity index (χ1) is 59.0. The maximum Gasteiger partial charge on any atom is 0.137 e. The molecule has 1 unspecified atom stereocenters. The van der Waals surface area contributed by atoms with Crippen molar-refractivity contribution in [3.05, 3.63) is 455 Å². The maximum absolute atomic E-state index is 6.73. The molecule has 6 aliphatic rings. The molecule has 0 N–H and O–H groups in total. The predicted molar refractivity (Wildman–Crippen MR) is 500 cm³/mol. The third-order valence-corrected chi connectivity index (χ3v) is 29.5. The molecule has 120 heavy (non-hydrogen) atoms. The Labute approximate surface area is 701 Å². The van der Waals surface area contributed by atoms with E-state index in [0.29, 0.717) is 0 Å². The van der Waals surface area contributed by atoms with Gasteiger partial charge in [-0.05, 0) is 258 Å². The Kier molecular flexibility index (Phi) is 13.9. The smallest absolute Gasteiger partial charge is 0.137 e. The highest BCUT2D eigenvalue weighted by Crippen LogP contribution is 2.67. The van der Waals surface area contributed by atoms with Gasteiger partial charge in [-0.1, -0.05) is 325 Å². The minimum Gasteiger partial charge on any atom is -0.456 e. The molecule has 4 heteroatoms. The monoisotopic (exact) mass is 1540 g/mol. The Balaban J connectivity index is 0.617. The molecule has 0 amide bonds. The summed E-state index contributed by atoms with van der Waals surface area (Å²) < 4.78 is 9.25. The zero-order valence-corrected chi connectivity index (χ0v) is 67.5. The average Bonchev–Trinajstić information content (AvgIpc) is 1.52. The Morgan fingerprint density at radius 2 is 0.583 bits per heavy atom. The summed E-state index contributed by atoms with van der Waals surface area (Å²) in [6, 6.07) is 148. The van der Waals surface area contributed by atoms with Crippen LogP contribution in [0.1, 0.15) is 94.5 Å². The number of anilines is 6. The number of hydrogen-bond acceptors (Lipinski definition) is 4. The van der Waals surface area contributed by atoms with E-state index >= 15 is 0 Å². The van der Waals surface area contributed by atoms with Crippen LogP contribution in [0, 0.1) is 0 Å². The standard InChI is InChI=1S/C116H76N2OS/c1-113(2)95-39-13-5-29-84(95)89-36-21-33-77(110(89)113)69-49-54-72(55-50-69)117(75-58-61-87-82-27-9-17-43-99(82)115(103(87)67-75)97-41-15-7-25-80(97)81-26-8-16-42-98(81)115)74-60-64-108-94(66-74)91-38-23-35-79(112(91)120-108)71-53-63-102-93(65-71)86-31-11-19-45-101(86)116(102)100-44-18-10-28-83(100)88-62-59-76(68-104(88)116)118(105-46-24-48-107-109(105)92-32-12-20-47-106(92)119-107)73-56-51-70(52-57-73)78-34-22-37-90-85-30-6-14-40-96(85)114(3,4)111(78)90/h5-68H,1-4H3. The summed E-state index contributed by atoms with van der Waals surface area (Å²) in [6.45, 7) is 9.55. The van der Waals surface area contributed by atoms with Crippen molar-refractivity contribution < 1.29 is 4.42 Å². The second kappa shape index (κ2) is 24.6. The molecule has 3 nitrogen and oxygen atoms in total. The molecule has 0 fully saturated rings. The van der Waals surface area contributed by atoms with Gasteiger partial charge in [0.2, 0.25) is 0 Å². The summed E-state index contributed by atoms with van der Waals surface area (Å²) in [5, 5.41) is 4.65. The summed E-state index contributed by atoms with van der Waals surface area (Å²) in [6.07, 6.45) is 0. The van der Waals surface area contributed by atoms with Crippen molar-refractivity contribution in [2.45, 2.75) is 49.4 Å². The number of nitrogens with zero attached hydrogens (tertiary/aromatic N) is 2. The Morgan fingerprint density at radius 3 is 1.12 bits per heavy atom. The molecule has 0 bridgehead atoms. The molecule has 562 valence electrons. The quantitative estimate of drug-likeness (QED) is 0.144. The van der Waals surface area contributed by atoms with Gasteiger partial charge < -0.3 is 14.2 Å². The van der Waals surface area contributed by atoms with Crippen molar-refractivity contribution >= 4 is 87.6 Å². The number of para-hydroxylation sites is 1. The van der Waals surface area contributed by atoms with Crippen molar-refractivity contribution in [1.82, 2.24) is 0 Å². The van der Waals surface area contributed by atoms with E-state index in [-0.39, 0.29) is 10.8 Å². The topological polar surface area (TPSA) is 19.6 Å². The number of fused-ring (bicyclic) bond motifs is 32. The van der Waals surface area contributed by atoms with Gasteiger partial charge in [0.1, 0.15) is 11.2 Å². The van der Waals surface area contributed by atoms with Crippen molar-refractivity contribution in [1.29, 1.82) is 0 Å². The van der Waals surface area contributed by atoms with E-state index in [0.717, 1.165) is 56.1 Å². The SMILES string of the molecule is CC1(C)c2ccccc2-c2cccc(-c3ccc(N(c4ccc5c(c4)C4(c6ccccc6-c6ccccc64)c4ccccc4-5)c4ccc5sc6c(-c7ccc8c(c7)-c7ccccc7C87c8ccccc8-c8ccc(N(c9ccc(-c%10cccc%11c%10C(C)(C)c%10ccccc%10-%11)cc9)c9cccc%10oc%11ccccc%11c9%10)cc87)cccc6c5c4)cc3)c21. The van der Waals surface area contributed by atoms with Crippen LogP contribution in [0.3, 0.4) is 0 Å². The summed E-state index contributed by atoms with van der Waals surface area (Å²) in [7, 11) is 0. The highest BCUT2D eigenvalue weighted by atomic mass is 32.1. The van der Waals surface area contributed by atoms with Crippen LogP contribution in [-0.2, 0) is 21.7 Å². The summed E-state index contributed by atoms with van der Waals surface area (Å²) in [4.78, 5) is 5.01. The van der Waals surface area contributed by atoms with Gasteiger partial charge >= 0.3 is 0 Å². The molecule has 20 aromatic rings. The highest BCUT2D eigenvalue weighted by molar-refractivity contribution is 7.26. The van der Waals surface area contributed by atoms with Crippen LogP contribution in [0.5, 0.6) is 0 Å². The second-order valence-electron chi connectivity index (χ2n) is 34.7. The summed E-state index contributed by atoms with van der Waals surface area (Å²) in [5.74, 6) is 0. The zero-order valence-electron chi connectivity index (χ0n) is 66.7. The Morgan fingerprint density at radius 1 is 0.225 bits per heavy atom. The molecule has 0 saturated carbocycles. The molecule has 2 heterocycles. The van der Waals surface area contributed by atoms with Crippen molar-refractivity contribution in [3.8, 4) is 100 Å². The fourth-order valence-corrected chi connectivity index (χ4v) is 24.6. The molecule has 1 atom stereocenters. The average molecular weight is 1550 g/mol. The van der Waals surface area contributed by atoms with Crippen molar-refractivity contribution in [2.24, 2.45) is 0 Å². The first kappa shape index (κ1) is 67.7. The minimum absolute atomic E-state index is 0.163. The fourth-order valence-electron chi connectivity index (χ4n) is 23.4. The van der Waals surface area contributed by atoms with Crippen LogP contribution in [-0.4, -0.2) is 0 Å². The highest BCUT2D eigenvalue weighted by Gasteiger charge is 2.54. The lowest BCUT2D eigenvalue weighted by Crippen LogP contribution is -2.26. The Hall–Kier alpha value is -14.4.